The summed E-state index contributed by atoms with van der Waals surface area (Å²) in [6.07, 6.45) is 0. The molecule has 1 aliphatic rings. The van der Waals surface area contributed by atoms with Crippen molar-refractivity contribution in [2.24, 2.45) is 0 Å². The van der Waals surface area contributed by atoms with E-state index in [2.05, 4.69) is 4.98 Å². The van der Waals surface area contributed by atoms with Gasteiger partial charge in [-0.15, -0.1) is 0 Å². The third-order valence-electron chi connectivity index (χ3n) is 5.22. The molecule has 0 unspecified atom stereocenters. The van der Waals surface area contributed by atoms with Gasteiger partial charge in [0, 0.05) is 17.3 Å². The first-order valence-corrected chi connectivity index (χ1v) is 9.65. The fourth-order valence-electron chi connectivity index (χ4n) is 3.61. The van der Waals surface area contributed by atoms with E-state index in [1.807, 2.05) is 0 Å². The van der Waals surface area contributed by atoms with Crippen LogP contribution in [-0.4, -0.2) is 24.7 Å². The summed E-state index contributed by atoms with van der Waals surface area (Å²) in [6, 6.07) is 8.01. The van der Waals surface area contributed by atoms with Crippen LogP contribution in [-0.2, 0) is 0 Å². The van der Waals surface area contributed by atoms with Crippen LogP contribution in [0.3, 0.4) is 0 Å². The summed E-state index contributed by atoms with van der Waals surface area (Å²) < 4.78 is 47.4. The number of hydrogen-bond acceptors (Lipinski definition) is 4. The highest BCUT2D eigenvalue weighted by Gasteiger charge is 2.34. The highest BCUT2D eigenvalue weighted by Crippen LogP contribution is 2.40. The Morgan fingerprint density at radius 3 is 2.35 bits per heavy atom. The molecule has 1 aromatic heterocycles. The molecular formula is C22H17ClF3N3O2. The number of pyridine rings is 1. The number of benzene rings is 2. The number of hydrogen-bond donors (Lipinski definition) is 0. The molecule has 0 saturated carbocycles. The normalized spacial score (nSPS) is 13.5. The zero-order chi connectivity index (χ0) is 22.4. The zero-order valence-electron chi connectivity index (χ0n) is 16.8. The molecule has 2 aromatic carbocycles. The molecule has 31 heavy (non-hydrogen) atoms. The van der Waals surface area contributed by atoms with Gasteiger partial charge in [0.1, 0.15) is 12.5 Å². The van der Waals surface area contributed by atoms with Crippen molar-refractivity contribution in [1.29, 1.82) is 0 Å². The van der Waals surface area contributed by atoms with E-state index >= 15 is 0 Å². The maximum absolute atomic E-state index is 14.3. The Morgan fingerprint density at radius 1 is 0.968 bits per heavy atom. The topological polar surface area (TPSA) is 45.7 Å². The Kier molecular flexibility index (Phi) is 5.26. The largest absolute Gasteiger partial charge is 0.481 e. The fraction of sp³-hybridized carbons (Fsp3) is 0.182. The number of aryl methyl sites for hydroxylation is 1. The van der Waals surface area contributed by atoms with Crippen LogP contribution in [0.4, 0.5) is 30.2 Å². The molecule has 0 spiro atoms. The molecule has 0 aliphatic carbocycles. The van der Waals surface area contributed by atoms with Crippen LogP contribution in [0.15, 0.2) is 36.4 Å². The third kappa shape index (κ3) is 3.46. The van der Waals surface area contributed by atoms with Gasteiger partial charge in [0.05, 0.1) is 34.8 Å². The number of ether oxygens (including phenoxy) is 1. The van der Waals surface area contributed by atoms with Crippen molar-refractivity contribution in [3.8, 4) is 5.88 Å². The molecule has 1 amide bonds. The van der Waals surface area contributed by atoms with Gasteiger partial charge in [0.25, 0.3) is 5.91 Å². The maximum atomic E-state index is 14.3. The van der Waals surface area contributed by atoms with Crippen LogP contribution in [0.2, 0.25) is 5.02 Å². The van der Waals surface area contributed by atoms with E-state index in [0.29, 0.717) is 28.6 Å². The Labute approximate surface area is 181 Å². The number of aromatic nitrogens is 1. The molecule has 2 heterocycles. The lowest BCUT2D eigenvalue weighted by Gasteiger charge is -2.39. The number of methoxy groups -OCH3 is 1. The average molecular weight is 448 g/mol. The number of anilines is 3. The summed E-state index contributed by atoms with van der Waals surface area (Å²) in [5.41, 5.74) is 1.67. The van der Waals surface area contributed by atoms with Gasteiger partial charge in [0.15, 0.2) is 11.6 Å². The lowest BCUT2D eigenvalue weighted by atomic mass is 10.0. The van der Waals surface area contributed by atoms with E-state index < -0.39 is 23.4 Å². The summed E-state index contributed by atoms with van der Waals surface area (Å²) in [5, 5.41) is -0.187. The first-order chi connectivity index (χ1) is 14.7. The zero-order valence-corrected chi connectivity index (χ0v) is 17.6. The molecule has 5 nitrogen and oxygen atoms in total. The Bertz CT molecular complexity index is 1220. The minimum Gasteiger partial charge on any atom is -0.481 e. The van der Waals surface area contributed by atoms with E-state index in [4.69, 9.17) is 16.3 Å². The summed E-state index contributed by atoms with van der Waals surface area (Å²) in [5.74, 6) is -2.85. The van der Waals surface area contributed by atoms with Crippen molar-refractivity contribution in [2.75, 3.05) is 23.6 Å². The van der Waals surface area contributed by atoms with Crippen LogP contribution >= 0.6 is 11.6 Å². The molecular weight excluding hydrogens is 431 g/mol. The van der Waals surface area contributed by atoms with Gasteiger partial charge >= 0.3 is 0 Å². The molecule has 4 rings (SSSR count). The van der Waals surface area contributed by atoms with Crippen LogP contribution in [0.5, 0.6) is 5.88 Å². The number of fused-ring (bicyclic) bond motifs is 1. The van der Waals surface area contributed by atoms with Crippen molar-refractivity contribution >= 4 is 34.6 Å². The Hall–Kier alpha value is -3.26. The van der Waals surface area contributed by atoms with Gasteiger partial charge in [-0.05, 0) is 44.2 Å². The monoisotopic (exact) mass is 447 g/mol. The molecule has 0 fully saturated rings. The number of rotatable bonds is 3. The van der Waals surface area contributed by atoms with Crippen molar-refractivity contribution in [3.05, 3.63) is 75.7 Å². The molecule has 9 heteroatoms. The minimum atomic E-state index is -1.00. The van der Waals surface area contributed by atoms with Gasteiger partial charge in [0.2, 0.25) is 5.88 Å². The minimum absolute atomic E-state index is 0.0347. The SMILES string of the molecule is COc1ccc(N2CN(c3ccc(F)c(F)c3C)c3cc(Cl)c(F)cc3C2=O)c(C)n1. The van der Waals surface area contributed by atoms with E-state index in [1.165, 1.54) is 31.1 Å². The highest BCUT2D eigenvalue weighted by atomic mass is 35.5. The number of carbonyl (C=O) groups excluding carboxylic acids is 1. The van der Waals surface area contributed by atoms with E-state index in [9.17, 15) is 18.0 Å². The second-order valence-electron chi connectivity index (χ2n) is 7.05. The lowest BCUT2D eigenvalue weighted by Crippen LogP contribution is -2.45. The Morgan fingerprint density at radius 2 is 1.68 bits per heavy atom. The number of nitrogens with zero attached hydrogens (tertiary/aromatic N) is 3. The second-order valence-corrected chi connectivity index (χ2v) is 7.46. The van der Waals surface area contributed by atoms with E-state index in [1.54, 1.807) is 24.0 Å². The number of halogens is 4. The average Bonchev–Trinajstić information content (AvgIpc) is 2.75. The maximum Gasteiger partial charge on any atom is 0.262 e. The first-order valence-electron chi connectivity index (χ1n) is 9.27. The third-order valence-corrected chi connectivity index (χ3v) is 5.51. The number of carbonyl (C=O) groups is 1. The van der Waals surface area contributed by atoms with Gasteiger partial charge in [-0.2, -0.15) is 0 Å². The predicted octanol–water partition coefficient (Wildman–Crippen LogP) is 5.53. The van der Waals surface area contributed by atoms with Crippen LogP contribution in [0, 0.1) is 31.3 Å². The quantitative estimate of drug-likeness (QED) is 0.529. The van der Waals surface area contributed by atoms with Gasteiger partial charge in [-0.25, -0.2) is 18.2 Å². The molecule has 160 valence electrons. The summed E-state index contributed by atoms with van der Waals surface area (Å²) in [7, 11) is 1.48. The fourth-order valence-corrected chi connectivity index (χ4v) is 3.77. The standard InChI is InChI=1S/C22H17ClF3N3O2/c1-11-17(5-4-15(24)21(11)26)28-10-29(18-6-7-20(31-3)27-12(18)2)22(30)13-8-16(25)14(23)9-19(13)28/h4-9H,10H2,1-3H3. The van der Waals surface area contributed by atoms with Gasteiger partial charge < -0.3 is 9.64 Å². The molecule has 0 radical (unpaired) electrons. The van der Waals surface area contributed by atoms with Crippen molar-refractivity contribution < 1.29 is 22.7 Å². The van der Waals surface area contributed by atoms with Crippen molar-refractivity contribution in [3.63, 3.8) is 0 Å². The molecule has 0 saturated heterocycles. The van der Waals surface area contributed by atoms with Crippen LogP contribution in [0.1, 0.15) is 21.6 Å². The lowest BCUT2D eigenvalue weighted by molar-refractivity contribution is 0.0983. The Balaban J connectivity index is 1.92. The highest BCUT2D eigenvalue weighted by molar-refractivity contribution is 6.31. The van der Waals surface area contributed by atoms with Crippen molar-refractivity contribution in [2.45, 2.75) is 13.8 Å². The predicted molar refractivity (Wildman–Crippen MR) is 112 cm³/mol. The van der Waals surface area contributed by atoms with E-state index in [-0.39, 0.29) is 22.8 Å². The van der Waals surface area contributed by atoms with Crippen LogP contribution < -0.4 is 14.5 Å². The molecule has 0 bridgehead atoms. The number of amides is 1. The smallest absolute Gasteiger partial charge is 0.262 e. The van der Waals surface area contributed by atoms with Crippen LogP contribution in [0.25, 0.3) is 0 Å². The molecule has 0 atom stereocenters. The molecule has 0 N–H and O–H groups in total. The summed E-state index contributed by atoms with van der Waals surface area (Å²) in [4.78, 5) is 20.5. The second kappa shape index (κ2) is 7.77. The van der Waals surface area contributed by atoms with E-state index in [0.717, 1.165) is 12.1 Å². The molecule has 1 aliphatic heterocycles. The molecule has 3 aromatic rings. The summed E-state index contributed by atoms with van der Waals surface area (Å²) >= 11 is 5.97. The van der Waals surface area contributed by atoms with Crippen molar-refractivity contribution in [1.82, 2.24) is 4.98 Å². The first kappa shape index (κ1) is 21.0. The summed E-state index contributed by atoms with van der Waals surface area (Å²) in [6.45, 7) is 3.09. The van der Waals surface area contributed by atoms with Gasteiger partial charge in [-0.3, -0.25) is 9.69 Å². The van der Waals surface area contributed by atoms with Gasteiger partial charge in [-0.1, -0.05) is 11.6 Å².